The smallest absolute Gasteiger partial charge is 0.335 e. The Hall–Kier alpha value is -2.04. The second-order valence-corrected chi connectivity index (χ2v) is 6.11. The number of carboxylic acid groups (broad SMARTS) is 1. The molecule has 0 atom stereocenters. The second-order valence-electron chi connectivity index (χ2n) is 6.11. The molecule has 5 nitrogen and oxygen atoms in total. The number of nitrogens with one attached hydrogen (secondary N) is 1. The Bertz CT molecular complexity index is 567. The van der Waals surface area contributed by atoms with E-state index in [-0.39, 0.29) is 11.4 Å². The molecule has 0 aromatic heterocycles. The molecule has 0 spiro atoms. The van der Waals surface area contributed by atoms with Crippen molar-refractivity contribution in [2.45, 2.75) is 39.2 Å². The molecule has 1 amide bonds. The molecule has 1 aromatic carbocycles. The normalized spacial score (nSPS) is 14.0. The van der Waals surface area contributed by atoms with Gasteiger partial charge in [0, 0.05) is 17.8 Å². The van der Waals surface area contributed by atoms with Crippen molar-refractivity contribution in [2.75, 3.05) is 18.0 Å². The first kappa shape index (κ1) is 15.4. The van der Waals surface area contributed by atoms with E-state index < -0.39 is 5.97 Å². The number of rotatable bonds is 5. The molecule has 0 radical (unpaired) electrons. The molecule has 0 bridgehead atoms. The van der Waals surface area contributed by atoms with Crippen LogP contribution in [0.25, 0.3) is 0 Å². The summed E-state index contributed by atoms with van der Waals surface area (Å²) < 4.78 is 0. The molecule has 1 aromatic rings. The van der Waals surface area contributed by atoms with Gasteiger partial charge in [-0.2, -0.15) is 0 Å². The van der Waals surface area contributed by atoms with Crippen molar-refractivity contribution in [3.8, 4) is 0 Å². The van der Waals surface area contributed by atoms with Gasteiger partial charge in [-0.05, 0) is 50.5 Å². The van der Waals surface area contributed by atoms with Crippen molar-refractivity contribution in [3.05, 3.63) is 29.3 Å². The van der Waals surface area contributed by atoms with E-state index in [4.69, 9.17) is 5.11 Å². The largest absolute Gasteiger partial charge is 0.478 e. The monoisotopic (exact) mass is 290 g/mol. The maximum atomic E-state index is 12.1. The number of aromatic carboxylic acids is 1. The SMILES string of the molecule is CCC(C)(C)NC(=O)CN1CCc2cc(C(=O)O)ccc21. The predicted molar refractivity (Wildman–Crippen MR) is 81.8 cm³/mol. The molecule has 1 heterocycles. The number of benzene rings is 1. The van der Waals surface area contributed by atoms with Gasteiger partial charge in [-0.15, -0.1) is 0 Å². The average molecular weight is 290 g/mol. The fourth-order valence-corrected chi connectivity index (χ4v) is 2.45. The lowest BCUT2D eigenvalue weighted by Crippen LogP contribution is -2.47. The lowest BCUT2D eigenvalue weighted by Gasteiger charge is -2.27. The number of hydrogen-bond acceptors (Lipinski definition) is 3. The zero-order valence-electron chi connectivity index (χ0n) is 12.8. The Morgan fingerprint density at radius 1 is 1.38 bits per heavy atom. The zero-order chi connectivity index (χ0) is 15.6. The van der Waals surface area contributed by atoms with E-state index in [0.29, 0.717) is 12.1 Å². The minimum Gasteiger partial charge on any atom is -0.478 e. The highest BCUT2D eigenvalue weighted by Gasteiger charge is 2.24. The molecule has 2 N–H and O–H groups in total. The predicted octanol–water partition coefficient (Wildman–Crippen LogP) is 2.05. The Kier molecular flexibility index (Phi) is 4.21. The molecular formula is C16H22N2O3. The number of hydrogen-bond donors (Lipinski definition) is 2. The second kappa shape index (κ2) is 5.76. The molecule has 0 aliphatic carbocycles. The summed E-state index contributed by atoms with van der Waals surface area (Å²) >= 11 is 0. The third-order valence-corrected chi connectivity index (χ3v) is 4.01. The number of fused-ring (bicyclic) bond motifs is 1. The van der Waals surface area contributed by atoms with Crippen molar-refractivity contribution in [1.29, 1.82) is 0 Å². The number of amides is 1. The fourth-order valence-electron chi connectivity index (χ4n) is 2.45. The fraction of sp³-hybridized carbons (Fsp3) is 0.500. The van der Waals surface area contributed by atoms with E-state index in [0.717, 1.165) is 30.6 Å². The molecule has 0 saturated heterocycles. The summed E-state index contributed by atoms with van der Waals surface area (Å²) in [5, 5.41) is 12.0. The lowest BCUT2D eigenvalue weighted by molar-refractivity contribution is -0.121. The summed E-state index contributed by atoms with van der Waals surface area (Å²) in [4.78, 5) is 25.1. The van der Waals surface area contributed by atoms with Gasteiger partial charge in [0.25, 0.3) is 0 Å². The van der Waals surface area contributed by atoms with Gasteiger partial charge < -0.3 is 15.3 Å². The van der Waals surface area contributed by atoms with Gasteiger partial charge in [-0.3, -0.25) is 4.79 Å². The highest BCUT2D eigenvalue weighted by molar-refractivity contribution is 5.89. The van der Waals surface area contributed by atoms with Gasteiger partial charge in [0.2, 0.25) is 5.91 Å². The molecule has 0 saturated carbocycles. The summed E-state index contributed by atoms with van der Waals surface area (Å²) in [5.41, 5.74) is 2.06. The first-order chi connectivity index (χ1) is 9.82. The standard InChI is InChI=1S/C16H22N2O3/c1-4-16(2,3)17-14(19)10-18-8-7-11-9-12(15(20)21)5-6-13(11)18/h5-6,9H,4,7-8,10H2,1-3H3,(H,17,19)(H,20,21). The summed E-state index contributed by atoms with van der Waals surface area (Å²) in [5.74, 6) is -0.921. The van der Waals surface area contributed by atoms with Crippen LogP contribution in [0.2, 0.25) is 0 Å². The molecule has 2 rings (SSSR count). The Morgan fingerprint density at radius 2 is 2.10 bits per heavy atom. The maximum Gasteiger partial charge on any atom is 0.335 e. The van der Waals surface area contributed by atoms with Crippen LogP contribution in [0.5, 0.6) is 0 Å². The highest BCUT2D eigenvalue weighted by Crippen LogP contribution is 2.28. The molecule has 0 fully saturated rings. The number of anilines is 1. The minimum absolute atomic E-state index is 0.00277. The summed E-state index contributed by atoms with van der Waals surface area (Å²) in [6, 6.07) is 5.09. The van der Waals surface area contributed by atoms with Crippen LogP contribution < -0.4 is 10.2 Å². The number of carbonyl (C=O) groups excluding carboxylic acids is 1. The molecule has 0 unspecified atom stereocenters. The van der Waals surface area contributed by atoms with E-state index in [2.05, 4.69) is 5.32 Å². The molecule has 1 aliphatic rings. The Morgan fingerprint density at radius 3 is 2.71 bits per heavy atom. The van der Waals surface area contributed by atoms with Gasteiger partial charge in [0.1, 0.15) is 0 Å². The molecule has 5 heteroatoms. The van der Waals surface area contributed by atoms with Gasteiger partial charge in [-0.25, -0.2) is 4.79 Å². The molecule has 114 valence electrons. The van der Waals surface area contributed by atoms with Crippen molar-refractivity contribution in [1.82, 2.24) is 5.32 Å². The van der Waals surface area contributed by atoms with E-state index in [9.17, 15) is 9.59 Å². The van der Waals surface area contributed by atoms with Crippen LogP contribution in [0.3, 0.4) is 0 Å². The van der Waals surface area contributed by atoms with Crippen LogP contribution in [0.4, 0.5) is 5.69 Å². The van der Waals surface area contributed by atoms with E-state index in [1.165, 1.54) is 0 Å². The van der Waals surface area contributed by atoms with Crippen LogP contribution >= 0.6 is 0 Å². The quantitative estimate of drug-likeness (QED) is 0.871. The van der Waals surface area contributed by atoms with Gasteiger partial charge >= 0.3 is 5.97 Å². The highest BCUT2D eigenvalue weighted by atomic mass is 16.4. The number of nitrogens with zero attached hydrogens (tertiary/aromatic N) is 1. The zero-order valence-corrected chi connectivity index (χ0v) is 12.8. The van der Waals surface area contributed by atoms with E-state index in [1.54, 1.807) is 18.2 Å². The third-order valence-electron chi connectivity index (χ3n) is 4.01. The van der Waals surface area contributed by atoms with E-state index in [1.807, 2.05) is 25.7 Å². The van der Waals surface area contributed by atoms with E-state index >= 15 is 0 Å². The Labute approximate surface area is 125 Å². The van der Waals surface area contributed by atoms with Crippen LogP contribution in [-0.2, 0) is 11.2 Å². The van der Waals surface area contributed by atoms with Crippen molar-refractivity contribution in [2.24, 2.45) is 0 Å². The van der Waals surface area contributed by atoms with Crippen LogP contribution in [0.1, 0.15) is 43.1 Å². The van der Waals surface area contributed by atoms with Gasteiger partial charge in [0.05, 0.1) is 12.1 Å². The molecule has 1 aliphatic heterocycles. The molecule has 21 heavy (non-hydrogen) atoms. The third kappa shape index (κ3) is 3.54. The number of carboxylic acids is 1. The number of carbonyl (C=O) groups is 2. The van der Waals surface area contributed by atoms with Crippen molar-refractivity contribution >= 4 is 17.6 Å². The van der Waals surface area contributed by atoms with Gasteiger partial charge in [0.15, 0.2) is 0 Å². The van der Waals surface area contributed by atoms with Crippen LogP contribution in [0, 0.1) is 0 Å². The van der Waals surface area contributed by atoms with Crippen molar-refractivity contribution in [3.63, 3.8) is 0 Å². The maximum absolute atomic E-state index is 12.1. The van der Waals surface area contributed by atoms with Gasteiger partial charge in [-0.1, -0.05) is 6.92 Å². The first-order valence-corrected chi connectivity index (χ1v) is 7.24. The minimum atomic E-state index is -0.918. The summed E-state index contributed by atoms with van der Waals surface area (Å²) in [6.45, 7) is 7.10. The summed E-state index contributed by atoms with van der Waals surface area (Å²) in [6.07, 6.45) is 1.65. The average Bonchev–Trinajstić information content (AvgIpc) is 2.80. The van der Waals surface area contributed by atoms with Crippen LogP contribution in [0.15, 0.2) is 18.2 Å². The Balaban J connectivity index is 2.06. The topological polar surface area (TPSA) is 69.6 Å². The first-order valence-electron chi connectivity index (χ1n) is 7.24. The van der Waals surface area contributed by atoms with Crippen LogP contribution in [-0.4, -0.2) is 35.6 Å². The summed E-state index contributed by atoms with van der Waals surface area (Å²) in [7, 11) is 0. The van der Waals surface area contributed by atoms with Crippen molar-refractivity contribution < 1.29 is 14.7 Å². The lowest BCUT2D eigenvalue weighted by atomic mass is 10.0. The molecular weight excluding hydrogens is 268 g/mol.